The van der Waals surface area contributed by atoms with Gasteiger partial charge in [-0.25, -0.2) is 0 Å². The number of aliphatic imine (C=N–C) groups is 2. The fourth-order valence-electron chi connectivity index (χ4n) is 3.68. The molecule has 1 amide bonds. The van der Waals surface area contributed by atoms with Gasteiger partial charge in [-0.3, -0.25) is 9.79 Å². The van der Waals surface area contributed by atoms with Gasteiger partial charge in [-0.15, -0.1) is 4.59 Å². The van der Waals surface area contributed by atoms with Crippen LogP contribution in [0.4, 0.5) is 0 Å². The Bertz CT molecular complexity index is 637. The van der Waals surface area contributed by atoms with Gasteiger partial charge in [0, 0.05) is 40.9 Å². The summed E-state index contributed by atoms with van der Waals surface area (Å²) < 4.78 is 0.719. The number of carbonyl (C=O) groups excluding carboxylic acids is 1. The summed E-state index contributed by atoms with van der Waals surface area (Å²) in [5.41, 5.74) is 1.87. The summed E-state index contributed by atoms with van der Waals surface area (Å²) in [5.74, 6) is 6.91. The molecule has 4 rings (SSSR count). The smallest absolute Gasteiger partial charge is 0.301 e. The molecule has 0 bridgehead atoms. The normalized spacial score (nSPS) is 37.9. The number of rotatable bonds is 1. The molecule has 0 aromatic heterocycles. The second-order valence-electron chi connectivity index (χ2n) is 6.02. The van der Waals surface area contributed by atoms with Crippen LogP contribution in [-0.2, 0) is 4.79 Å². The second-order valence-corrected chi connectivity index (χ2v) is 6.73. The standard InChI is InChI=1S/C14H17BrN5O/c15-14-18-13(11-7-17-5-6-20(11,14)16)9-1-2-10-3-4-12(21)19(10)8-9/h5-7,9-10H,1-4,8,16H2/q+1/t9-,10+,20?/m0/s1. The summed E-state index contributed by atoms with van der Waals surface area (Å²) in [7, 11) is 0. The molecule has 0 aliphatic carbocycles. The molecular formula is C14H17BrN5O+. The molecule has 2 fully saturated rings. The molecule has 110 valence electrons. The molecule has 0 aromatic rings. The number of carbonyl (C=O) groups is 1. The number of nitrogens with two attached hydrogens (primary N) is 1. The Morgan fingerprint density at radius 1 is 1.38 bits per heavy atom. The number of halogens is 1. The fraction of sp³-hybridized carbons (Fsp3) is 0.500. The fourth-order valence-corrected chi connectivity index (χ4v) is 4.18. The maximum atomic E-state index is 12.0. The Kier molecular flexibility index (Phi) is 2.92. The topological polar surface area (TPSA) is 71.0 Å². The van der Waals surface area contributed by atoms with Gasteiger partial charge in [0.25, 0.3) is 0 Å². The molecule has 0 saturated carbocycles. The van der Waals surface area contributed by atoms with Crippen molar-refractivity contribution in [3.05, 3.63) is 23.8 Å². The van der Waals surface area contributed by atoms with Gasteiger partial charge < -0.3 is 4.90 Å². The number of fused-ring (bicyclic) bond motifs is 2. The molecule has 0 spiro atoms. The number of hydrogen-bond donors (Lipinski definition) is 1. The van der Waals surface area contributed by atoms with Crippen molar-refractivity contribution < 1.29 is 9.39 Å². The van der Waals surface area contributed by atoms with E-state index in [9.17, 15) is 4.79 Å². The van der Waals surface area contributed by atoms with Gasteiger partial charge in [-0.1, -0.05) is 0 Å². The van der Waals surface area contributed by atoms with Gasteiger partial charge in [-0.2, -0.15) is 10.8 Å². The van der Waals surface area contributed by atoms with Crippen LogP contribution in [-0.4, -0.2) is 38.9 Å². The molecule has 0 radical (unpaired) electrons. The van der Waals surface area contributed by atoms with E-state index in [1.54, 1.807) is 12.4 Å². The summed E-state index contributed by atoms with van der Waals surface area (Å²) in [6, 6.07) is 0.435. The van der Waals surface area contributed by atoms with Crippen LogP contribution in [0.2, 0.25) is 0 Å². The van der Waals surface area contributed by atoms with Gasteiger partial charge in [0.05, 0.1) is 12.4 Å². The van der Waals surface area contributed by atoms with Crippen LogP contribution < -0.4 is 5.84 Å². The van der Waals surface area contributed by atoms with Crippen LogP contribution in [0, 0.1) is 5.92 Å². The quantitative estimate of drug-likeness (QED) is 0.443. The van der Waals surface area contributed by atoms with E-state index in [1.807, 2.05) is 11.1 Å². The van der Waals surface area contributed by atoms with Gasteiger partial charge in [0.2, 0.25) is 11.6 Å². The molecule has 21 heavy (non-hydrogen) atoms. The van der Waals surface area contributed by atoms with Crippen molar-refractivity contribution in [1.29, 1.82) is 0 Å². The van der Waals surface area contributed by atoms with Crippen molar-refractivity contribution in [2.45, 2.75) is 31.7 Å². The Morgan fingerprint density at radius 3 is 3.10 bits per heavy atom. The first-order valence-electron chi connectivity index (χ1n) is 7.27. The molecular weight excluding hydrogens is 334 g/mol. The summed E-state index contributed by atoms with van der Waals surface area (Å²) in [5, 5.41) is 0. The number of amidine groups is 1. The molecule has 3 atom stereocenters. The molecule has 2 saturated heterocycles. The predicted octanol–water partition coefficient (Wildman–Crippen LogP) is 1.61. The van der Waals surface area contributed by atoms with E-state index in [-0.39, 0.29) is 16.4 Å². The van der Waals surface area contributed by atoms with Crippen LogP contribution in [0.25, 0.3) is 0 Å². The summed E-state index contributed by atoms with van der Waals surface area (Å²) in [4.78, 5) is 22.8. The molecule has 0 aromatic carbocycles. The van der Waals surface area contributed by atoms with Crippen LogP contribution >= 0.6 is 15.9 Å². The average molecular weight is 351 g/mol. The van der Waals surface area contributed by atoms with E-state index in [2.05, 4.69) is 25.9 Å². The SMILES string of the molecule is N[N+]12C=CN=CC1=C([C@H]1CC[C@@H]3CCC(=O)N3C1)N=C2Br. The number of nitrogens with zero attached hydrogens (tertiary/aromatic N) is 4. The summed E-state index contributed by atoms with van der Waals surface area (Å²) in [6.07, 6.45) is 9.08. The lowest BCUT2D eigenvalue weighted by Gasteiger charge is -2.35. The minimum atomic E-state index is 0.0483. The van der Waals surface area contributed by atoms with Crippen molar-refractivity contribution in [2.24, 2.45) is 21.7 Å². The van der Waals surface area contributed by atoms with E-state index in [1.165, 1.54) is 0 Å². The monoisotopic (exact) mass is 350 g/mol. The van der Waals surface area contributed by atoms with Gasteiger partial charge in [0.15, 0.2) is 0 Å². The number of amides is 1. The van der Waals surface area contributed by atoms with Gasteiger partial charge in [0.1, 0.15) is 11.9 Å². The molecule has 7 heteroatoms. The highest BCUT2D eigenvalue weighted by Gasteiger charge is 2.46. The number of hydrogen-bond acceptors (Lipinski definition) is 4. The van der Waals surface area contributed by atoms with Crippen LogP contribution in [0.1, 0.15) is 25.7 Å². The maximum Gasteiger partial charge on any atom is 0.301 e. The maximum absolute atomic E-state index is 12.0. The van der Waals surface area contributed by atoms with Gasteiger partial charge in [-0.05, 0) is 19.3 Å². The number of quaternary nitrogens is 1. The van der Waals surface area contributed by atoms with Crippen molar-refractivity contribution >= 4 is 32.8 Å². The van der Waals surface area contributed by atoms with E-state index < -0.39 is 0 Å². The first kappa shape index (κ1) is 13.4. The first-order chi connectivity index (χ1) is 10.1. The summed E-state index contributed by atoms with van der Waals surface area (Å²) >= 11 is 3.47. The third-order valence-electron chi connectivity index (χ3n) is 4.87. The van der Waals surface area contributed by atoms with Crippen molar-refractivity contribution in [3.63, 3.8) is 0 Å². The minimum absolute atomic E-state index is 0.0483. The Labute approximate surface area is 131 Å². The zero-order chi connectivity index (χ0) is 14.6. The van der Waals surface area contributed by atoms with Crippen LogP contribution in [0.15, 0.2) is 33.8 Å². The molecule has 4 aliphatic heterocycles. The Balaban J connectivity index is 1.68. The van der Waals surface area contributed by atoms with Crippen molar-refractivity contribution in [1.82, 2.24) is 4.90 Å². The average Bonchev–Trinajstić information content (AvgIpc) is 2.98. The molecule has 4 heterocycles. The van der Waals surface area contributed by atoms with Crippen LogP contribution in [0.5, 0.6) is 0 Å². The highest BCUT2D eigenvalue weighted by atomic mass is 79.9. The summed E-state index contributed by atoms with van der Waals surface area (Å²) in [6.45, 7) is 0.754. The molecule has 4 aliphatic rings. The predicted molar refractivity (Wildman–Crippen MR) is 82.9 cm³/mol. The molecule has 6 nitrogen and oxygen atoms in total. The first-order valence-corrected chi connectivity index (χ1v) is 8.06. The Hall–Kier alpha value is -1.31. The largest absolute Gasteiger partial charge is 0.339 e. The zero-order valence-corrected chi connectivity index (χ0v) is 13.2. The lowest BCUT2D eigenvalue weighted by Crippen LogP contribution is -2.50. The molecule has 2 N–H and O–H groups in total. The second kappa shape index (κ2) is 4.59. The minimum Gasteiger partial charge on any atom is -0.339 e. The lowest BCUT2D eigenvalue weighted by atomic mass is 9.90. The lowest BCUT2D eigenvalue weighted by molar-refractivity contribution is -0.746. The highest BCUT2D eigenvalue weighted by Crippen LogP contribution is 2.40. The number of piperidine rings is 1. The van der Waals surface area contributed by atoms with Crippen molar-refractivity contribution in [3.8, 4) is 0 Å². The Morgan fingerprint density at radius 2 is 2.24 bits per heavy atom. The van der Waals surface area contributed by atoms with E-state index in [4.69, 9.17) is 5.84 Å². The highest BCUT2D eigenvalue weighted by molar-refractivity contribution is 9.18. The van der Waals surface area contributed by atoms with Gasteiger partial charge >= 0.3 is 4.74 Å². The third-order valence-corrected chi connectivity index (χ3v) is 5.63. The van der Waals surface area contributed by atoms with Crippen LogP contribution in [0.3, 0.4) is 0 Å². The van der Waals surface area contributed by atoms with E-state index in [0.717, 1.165) is 37.2 Å². The number of allylic oxidation sites excluding steroid dienone is 1. The van der Waals surface area contributed by atoms with E-state index in [0.29, 0.717) is 17.2 Å². The third kappa shape index (κ3) is 1.88. The van der Waals surface area contributed by atoms with E-state index >= 15 is 0 Å². The van der Waals surface area contributed by atoms with Crippen molar-refractivity contribution in [2.75, 3.05) is 6.54 Å². The zero-order valence-electron chi connectivity index (χ0n) is 11.6. The molecule has 1 unspecified atom stereocenters.